The zero-order valence-electron chi connectivity index (χ0n) is 20.2. The minimum atomic E-state index is -3.69. The van der Waals surface area contributed by atoms with E-state index in [0.29, 0.717) is 10.6 Å². The molecule has 0 fully saturated rings. The number of imidazole rings is 1. The Balaban J connectivity index is 0.000000570. The third-order valence-electron chi connectivity index (χ3n) is 4.25. The summed E-state index contributed by atoms with van der Waals surface area (Å²) in [4.78, 5) is 12.1. The van der Waals surface area contributed by atoms with Gasteiger partial charge in [-0.25, -0.2) is 17.5 Å². The molecule has 3 aromatic rings. The number of aromatic nitrogens is 2. The van der Waals surface area contributed by atoms with E-state index in [-0.39, 0.29) is 25.5 Å². The van der Waals surface area contributed by atoms with Crippen molar-refractivity contribution in [3.8, 4) is 5.75 Å². The van der Waals surface area contributed by atoms with Crippen molar-refractivity contribution in [1.29, 1.82) is 0 Å². The summed E-state index contributed by atoms with van der Waals surface area (Å²) in [6, 6.07) is 13.2. The maximum atomic E-state index is 12.3. The fourth-order valence-electron chi connectivity index (χ4n) is 2.49. The van der Waals surface area contributed by atoms with Gasteiger partial charge in [0.05, 0.1) is 36.7 Å². The minimum absolute atomic E-state index is 0. The Kier molecular flexibility index (Phi) is 15.1. The Morgan fingerprint density at radius 3 is 1.77 bits per heavy atom. The van der Waals surface area contributed by atoms with Crippen LogP contribution in [0.25, 0.3) is 0 Å². The maximum absolute atomic E-state index is 12.3. The number of nitrogens with one attached hydrogen (secondary N) is 1. The highest BCUT2D eigenvalue weighted by Crippen LogP contribution is 2.42. The van der Waals surface area contributed by atoms with Gasteiger partial charge in [0, 0.05) is 0 Å². The molecule has 0 atom stereocenters. The summed E-state index contributed by atoms with van der Waals surface area (Å²) < 4.78 is 50.9. The first kappa shape index (κ1) is 32.5. The standard InChI is InChI=1S/C14H14O3S.C5H8N2.C4H11O4P.CH4/c1-11-3-7-13(8-4-11)18(15,16)14-9-5-12(17-2)6-10-14;1-2-7-4-3-6-5-7;1-3-7-9(5,6)8-4-2;/h3-10H,1-2H3;3-5H,2H2,1H3;3-4H2,1-2H3,(H,5,6);1H4/p+1. The molecule has 0 aliphatic carbocycles. The first-order chi connectivity index (χ1) is 16.1. The number of ether oxygens (including phenoxy) is 1. The summed E-state index contributed by atoms with van der Waals surface area (Å²) in [7, 11) is -5.58. The molecule has 3 rings (SSSR count). The van der Waals surface area contributed by atoms with Crippen LogP contribution in [0.5, 0.6) is 5.75 Å². The molecule has 0 unspecified atom stereocenters. The summed E-state index contributed by atoms with van der Waals surface area (Å²) in [6.45, 7) is 8.70. The predicted octanol–water partition coefficient (Wildman–Crippen LogP) is 4.95. The van der Waals surface area contributed by atoms with Crippen LogP contribution in [0.4, 0.5) is 0 Å². The highest BCUT2D eigenvalue weighted by atomic mass is 32.2. The number of rotatable bonds is 8. The van der Waals surface area contributed by atoms with Crippen molar-refractivity contribution in [2.75, 3.05) is 20.3 Å². The number of hydrogen-bond acceptors (Lipinski definition) is 6. The van der Waals surface area contributed by atoms with E-state index >= 15 is 0 Å². The quantitative estimate of drug-likeness (QED) is 0.313. The number of nitrogens with zero attached hydrogens (tertiary/aromatic N) is 1. The molecule has 196 valence electrons. The first-order valence-electron chi connectivity index (χ1n) is 10.7. The Morgan fingerprint density at radius 1 is 0.943 bits per heavy atom. The van der Waals surface area contributed by atoms with E-state index in [2.05, 4.69) is 25.5 Å². The molecule has 0 saturated heterocycles. The topological polar surface area (TPSA) is 119 Å². The second kappa shape index (κ2) is 16.2. The monoisotopic (exact) mass is 529 g/mol. The van der Waals surface area contributed by atoms with Crippen molar-refractivity contribution >= 4 is 17.7 Å². The van der Waals surface area contributed by atoms with Gasteiger partial charge in [0.2, 0.25) is 16.2 Å². The molecule has 35 heavy (non-hydrogen) atoms. The van der Waals surface area contributed by atoms with E-state index in [4.69, 9.17) is 9.63 Å². The fourth-order valence-corrected chi connectivity index (χ4v) is 4.48. The lowest BCUT2D eigenvalue weighted by Gasteiger charge is -2.07. The molecule has 2 aromatic carbocycles. The number of benzene rings is 2. The van der Waals surface area contributed by atoms with E-state index in [0.717, 1.165) is 12.1 Å². The molecule has 11 heteroatoms. The molecule has 0 saturated carbocycles. The smallest absolute Gasteiger partial charge is 0.472 e. The molecule has 0 bridgehead atoms. The zero-order valence-corrected chi connectivity index (χ0v) is 21.9. The van der Waals surface area contributed by atoms with Gasteiger partial charge in [-0.05, 0) is 64.1 Å². The molecule has 0 aliphatic rings. The van der Waals surface area contributed by atoms with Crippen LogP contribution in [0.1, 0.15) is 33.8 Å². The van der Waals surface area contributed by atoms with Crippen molar-refractivity contribution in [3.63, 3.8) is 0 Å². The lowest BCUT2D eigenvalue weighted by Crippen LogP contribution is -2.27. The van der Waals surface area contributed by atoms with E-state index < -0.39 is 17.7 Å². The number of phosphoric ester groups is 1. The van der Waals surface area contributed by atoms with E-state index in [1.165, 1.54) is 0 Å². The minimum Gasteiger partial charge on any atom is -0.497 e. The van der Waals surface area contributed by atoms with Gasteiger partial charge in [-0.15, -0.1) is 0 Å². The number of methoxy groups -OCH3 is 1. The van der Waals surface area contributed by atoms with Gasteiger partial charge in [0.15, 0.2) is 0 Å². The van der Waals surface area contributed by atoms with Crippen molar-refractivity contribution in [2.45, 2.75) is 51.5 Å². The molecule has 1 heterocycles. The van der Waals surface area contributed by atoms with Gasteiger partial charge in [-0.3, -0.25) is 14.0 Å². The molecule has 0 radical (unpaired) electrons. The molecule has 9 nitrogen and oxygen atoms in total. The van der Waals surface area contributed by atoms with Gasteiger partial charge in [-0.2, -0.15) is 0 Å². The van der Waals surface area contributed by atoms with E-state index in [1.807, 2.05) is 25.6 Å². The second-order valence-corrected chi connectivity index (χ2v) is 10.1. The molecule has 0 aliphatic heterocycles. The number of sulfone groups is 1. The van der Waals surface area contributed by atoms with Crippen LogP contribution in [0, 0.1) is 6.92 Å². The van der Waals surface area contributed by atoms with Crippen LogP contribution >= 0.6 is 7.82 Å². The van der Waals surface area contributed by atoms with Crippen LogP contribution in [-0.4, -0.2) is 38.6 Å². The van der Waals surface area contributed by atoms with Crippen LogP contribution in [0.15, 0.2) is 77.0 Å². The summed E-state index contributed by atoms with van der Waals surface area (Å²) in [5.41, 5.74) is 1.03. The van der Waals surface area contributed by atoms with E-state index in [1.54, 1.807) is 69.5 Å². The van der Waals surface area contributed by atoms with Crippen LogP contribution in [0.3, 0.4) is 0 Å². The Bertz CT molecular complexity index is 1090. The number of H-pyrrole nitrogens is 1. The van der Waals surface area contributed by atoms with Gasteiger partial charge < -0.3 is 9.63 Å². The SMILES string of the molecule is C.CCOP(=O)(O)OCC.CC[n+]1cc[nH]c1.COc1ccc(S(=O)(=O)c2ccc(C)cc2)cc1. The van der Waals surface area contributed by atoms with Crippen molar-refractivity contribution in [2.24, 2.45) is 0 Å². The number of aryl methyl sites for hydroxylation is 2. The van der Waals surface area contributed by atoms with Crippen LogP contribution < -0.4 is 9.30 Å². The average molecular weight is 530 g/mol. The maximum Gasteiger partial charge on any atom is 0.472 e. The normalized spacial score (nSPS) is 10.7. The number of phosphoric acid groups is 1. The summed E-state index contributed by atoms with van der Waals surface area (Å²) in [5.74, 6) is 0.637. The molecular weight excluding hydrogens is 491 g/mol. The Labute approximate surface area is 209 Å². The number of aromatic amines is 1. The fraction of sp³-hybridized carbons (Fsp3) is 0.375. The highest BCUT2D eigenvalue weighted by Gasteiger charge is 2.18. The van der Waals surface area contributed by atoms with Gasteiger partial charge in [-0.1, -0.05) is 25.1 Å². The molecule has 0 spiro atoms. The summed E-state index contributed by atoms with van der Waals surface area (Å²) >= 11 is 0. The lowest BCUT2D eigenvalue weighted by molar-refractivity contribution is -0.692. The van der Waals surface area contributed by atoms with Gasteiger partial charge in [0.1, 0.15) is 18.1 Å². The van der Waals surface area contributed by atoms with Crippen molar-refractivity contribution in [1.82, 2.24) is 4.98 Å². The third kappa shape index (κ3) is 11.7. The zero-order chi connectivity index (χ0) is 25.6. The highest BCUT2D eigenvalue weighted by molar-refractivity contribution is 7.91. The van der Waals surface area contributed by atoms with Gasteiger partial charge >= 0.3 is 7.82 Å². The Hall–Kier alpha value is -2.49. The third-order valence-corrected chi connectivity index (χ3v) is 7.21. The Morgan fingerprint density at radius 2 is 1.43 bits per heavy atom. The van der Waals surface area contributed by atoms with Gasteiger partial charge in [0.25, 0.3) is 0 Å². The van der Waals surface area contributed by atoms with Crippen molar-refractivity contribution < 1.29 is 36.2 Å². The van der Waals surface area contributed by atoms with Crippen LogP contribution in [0.2, 0.25) is 0 Å². The van der Waals surface area contributed by atoms with Crippen molar-refractivity contribution in [3.05, 3.63) is 72.8 Å². The number of hydrogen-bond donors (Lipinski definition) is 2. The second-order valence-electron chi connectivity index (χ2n) is 6.74. The summed E-state index contributed by atoms with van der Waals surface area (Å²) in [6.07, 6.45) is 5.84. The largest absolute Gasteiger partial charge is 0.497 e. The molecule has 1 aromatic heterocycles. The molecule has 0 amide bonds. The summed E-state index contributed by atoms with van der Waals surface area (Å²) in [5, 5.41) is 0. The molecule has 2 N–H and O–H groups in total. The van der Waals surface area contributed by atoms with Crippen LogP contribution in [-0.2, 0) is 30.0 Å². The lowest BCUT2D eigenvalue weighted by atomic mass is 10.2. The first-order valence-corrected chi connectivity index (χ1v) is 13.7. The van der Waals surface area contributed by atoms with E-state index in [9.17, 15) is 13.0 Å². The average Bonchev–Trinajstić information content (AvgIpc) is 3.34. The predicted molar refractivity (Wildman–Crippen MR) is 136 cm³/mol. The molecular formula is C24H38N2O7PS+.